The van der Waals surface area contributed by atoms with E-state index in [0.717, 1.165) is 5.56 Å². The Labute approximate surface area is 131 Å². The van der Waals surface area contributed by atoms with Gasteiger partial charge in [-0.05, 0) is 45.4 Å². The van der Waals surface area contributed by atoms with Crippen LogP contribution in [-0.4, -0.2) is 30.5 Å². The summed E-state index contributed by atoms with van der Waals surface area (Å²) in [6.45, 7) is 7.77. The first kappa shape index (κ1) is 18.7. The topological polar surface area (TPSA) is 76.1 Å². The predicted octanol–water partition coefficient (Wildman–Crippen LogP) is 4.35. The molecule has 1 aromatic carbocycles. The molecule has 0 aliphatic rings. The van der Waals surface area contributed by atoms with Crippen molar-refractivity contribution in [1.82, 2.24) is 0 Å². The molecular formula is C15H24NO5P. The summed E-state index contributed by atoms with van der Waals surface area (Å²) in [6, 6.07) is 6.73. The van der Waals surface area contributed by atoms with Crippen LogP contribution in [0.2, 0.25) is 0 Å². The third-order valence-electron chi connectivity index (χ3n) is 2.96. The fraction of sp³-hybridized carbons (Fsp3) is 0.533. The maximum absolute atomic E-state index is 12.5. The molecular weight excluding hydrogens is 305 g/mol. The van der Waals surface area contributed by atoms with Gasteiger partial charge in [0.25, 0.3) is 0 Å². The van der Waals surface area contributed by atoms with Gasteiger partial charge in [0.05, 0.1) is 19.4 Å². The predicted molar refractivity (Wildman–Crippen MR) is 86.6 cm³/mol. The second-order valence-corrected chi connectivity index (χ2v) is 7.07. The summed E-state index contributed by atoms with van der Waals surface area (Å²) >= 11 is 0. The first-order valence-electron chi connectivity index (χ1n) is 7.32. The molecule has 0 aliphatic carbocycles. The number of anilines is 1. The van der Waals surface area contributed by atoms with Crippen LogP contribution in [0.1, 0.15) is 33.3 Å². The summed E-state index contributed by atoms with van der Waals surface area (Å²) in [4.78, 5) is 12.5. The zero-order chi connectivity index (χ0) is 16.8. The molecule has 0 aromatic heterocycles. The van der Waals surface area contributed by atoms with Gasteiger partial charge in [-0.2, -0.15) is 0 Å². The highest BCUT2D eigenvalue weighted by Gasteiger charge is 2.24. The first-order valence-corrected chi connectivity index (χ1v) is 9.05. The Morgan fingerprint density at radius 1 is 1.18 bits per heavy atom. The van der Waals surface area contributed by atoms with Gasteiger partial charge < -0.3 is 14.2 Å². The average molecular weight is 329 g/mol. The van der Waals surface area contributed by atoms with Gasteiger partial charge in [0, 0.05) is 11.7 Å². The third-order valence-corrected chi connectivity index (χ3v) is 5.02. The maximum atomic E-state index is 12.5. The minimum absolute atomic E-state index is 0.165. The molecule has 1 rings (SSSR count). The van der Waals surface area contributed by atoms with E-state index in [1.165, 1.54) is 4.90 Å². The lowest BCUT2D eigenvalue weighted by molar-refractivity contribution is 0.200. The summed E-state index contributed by atoms with van der Waals surface area (Å²) < 4.78 is 23.0. The fourth-order valence-electron chi connectivity index (χ4n) is 2.14. The van der Waals surface area contributed by atoms with Crippen LogP contribution >= 0.6 is 7.60 Å². The molecule has 0 unspecified atom stereocenters. The monoisotopic (exact) mass is 329 g/mol. The van der Waals surface area contributed by atoms with Gasteiger partial charge in [0.1, 0.15) is 0 Å². The summed E-state index contributed by atoms with van der Waals surface area (Å²) in [7, 11) is -3.15. The molecule has 0 saturated carbocycles. The number of benzene rings is 1. The molecule has 0 radical (unpaired) electrons. The highest BCUT2D eigenvalue weighted by atomic mass is 31.2. The van der Waals surface area contributed by atoms with Crippen LogP contribution in [0.3, 0.4) is 0 Å². The minimum atomic E-state index is -3.15. The SMILES string of the molecule is CCOP(=O)(Cc1ccc(N(C(=O)O)C(C)C)cc1)OCC. The summed E-state index contributed by atoms with van der Waals surface area (Å²) in [6.07, 6.45) is -0.832. The smallest absolute Gasteiger partial charge is 0.412 e. The standard InChI is InChI=1S/C15H24NO5P/c1-5-20-22(19,21-6-2)11-13-7-9-14(10-8-13)16(12(3)4)15(17)18/h7-10,12H,5-6,11H2,1-4H3,(H,17,18). The van der Waals surface area contributed by atoms with E-state index in [9.17, 15) is 14.5 Å². The molecule has 22 heavy (non-hydrogen) atoms. The highest BCUT2D eigenvalue weighted by molar-refractivity contribution is 7.53. The molecule has 1 aromatic rings. The van der Waals surface area contributed by atoms with Crippen LogP contribution in [0.5, 0.6) is 0 Å². The van der Waals surface area contributed by atoms with E-state index in [4.69, 9.17) is 9.05 Å². The van der Waals surface area contributed by atoms with Crippen LogP contribution in [0.25, 0.3) is 0 Å². The van der Waals surface area contributed by atoms with Crippen molar-refractivity contribution in [2.45, 2.75) is 39.9 Å². The van der Waals surface area contributed by atoms with Crippen molar-refractivity contribution >= 4 is 19.4 Å². The molecule has 6 nitrogen and oxygen atoms in total. The van der Waals surface area contributed by atoms with Crippen molar-refractivity contribution < 1.29 is 23.5 Å². The number of nitrogens with zero attached hydrogens (tertiary/aromatic N) is 1. The van der Waals surface area contributed by atoms with Crippen molar-refractivity contribution in [3.63, 3.8) is 0 Å². The number of carboxylic acid groups (broad SMARTS) is 1. The van der Waals surface area contributed by atoms with Gasteiger partial charge in [-0.1, -0.05) is 12.1 Å². The molecule has 0 spiro atoms. The van der Waals surface area contributed by atoms with Crippen molar-refractivity contribution in [1.29, 1.82) is 0 Å². The van der Waals surface area contributed by atoms with Crippen molar-refractivity contribution in [2.24, 2.45) is 0 Å². The lowest BCUT2D eigenvalue weighted by atomic mass is 10.2. The largest absolute Gasteiger partial charge is 0.465 e. The third kappa shape index (κ3) is 5.13. The van der Waals surface area contributed by atoms with Gasteiger partial charge in [-0.25, -0.2) is 4.79 Å². The van der Waals surface area contributed by atoms with Crippen LogP contribution in [0.15, 0.2) is 24.3 Å². The highest BCUT2D eigenvalue weighted by Crippen LogP contribution is 2.51. The summed E-state index contributed by atoms with van der Waals surface area (Å²) in [5, 5.41) is 9.23. The van der Waals surface area contributed by atoms with Crippen LogP contribution in [0, 0.1) is 0 Å². The fourth-order valence-corrected chi connectivity index (χ4v) is 3.84. The van der Waals surface area contributed by atoms with Gasteiger partial charge in [-0.3, -0.25) is 9.46 Å². The summed E-state index contributed by atoms with van der Waals surface area (Å²) in [5.41, 5.74) is 1.36. The number of rotatable bonds is 8. The van der Waals surface area contributed by atoms with Crippen LogP contribution < -0.4 is 4.90 Å². The molecule has 0 atom stereocenters. The Hall–Kier alpha value is -1.36. The lowest BCUT2D eigenvalue weighted by Gasteiger charge is -2.24. The van der Waals surface area contributed by atoms with Gasteiger partial charge in [-0.15, -0.1) is 0 Å². The lowest BCUT2D eigenvalue weighted by Crippen LogP contribution is -2.35. The second kappa shape index (κ2) is 8.32. The van der Waals surface area contributed by atoms with Crippen LogP contribution in [0.4, 0.5) is 10.5 Å². The van der Waals surface area contributed by atoms with Gasteiger partial charge in [0.2, 0.25) is 0 Å². The molecule has 7 heteroatoms. The maximum Gasteiger partial charge on any atom is 0.412 e. The van der Waals surface area contributed by atoms with Crippen molar-refractivity contribution in [3.8, 4) is 0 Å². The molecule has 0 bridgehead atoms. The van der Waals surface area contributed by atoms with Gasteiger partial charge in [0.15, 0.2) is 0 Å². The molecule has 0 aliphatic heterocycles. The number of hydrogen-bond acceptors (Lipinski definition) is 4. The van der Waals surface area contributed by atoms with E-state index < -0.39 is 13.7 Å². The quantitative estimate of drug-likeness (QED) is 0.718. The normalized spacial score (nSPS) is 11.7. The zero-order valence-corrected chi connectivity index (χ0v) is 14.4. The Bertz CT molecular complexity index is 519. The minimum Gasteiger partial charge on any atom is -0.465 e. The molecule has 124 valence electrons. The van der Waals surface area contributed by atoms with Crippen molar-refractivity contribution in [2.75, 3.05) is 18.1 Å². The average Bonchev–Trinajstić information content (AvgIpc) is 2.40. The van der Waals surface area contributed by atoms with E-state index in [2.05, 4.69) is 0 Å². The first-order chi connectivity index (χ1) is 10.3. The Balaban J connectivity index is 2.92. The molecule has 0 heterocycles. The van der Waals surface area contributed by atoms with E-state index in [1.54, 1.807) is 52.0 Å². The molecule has 0 fully saturated rings. The zero-order valence-electron chi connectivity index (χ0n) is 13.5. The Kier molecular flexibility index (Phi) is 7.07. The molecule has 0 saturated heterocycles. The molecule has 1 amide bonds. The number of carbonyl (C=O) groups is 1. The van der Waals surface area contributed by atoms with E-state index >= 15 is 0 Å². The Morgan fingerprint density at radius 3 is 2.05 bits per heavy atom. The Morgan fingerprint density at radius 2 is 1.68 bits per heavy atom. The second-order valence-electron chi connectivity index (χ2n) is 5.02. The summed E-state index contributed by atoms with van der Waals surface area (Å²) in [5.74, 6) is 0. The van der Waals surface area contributed by atoms with Crippen LogP contribution in [-0.2, 0) is 19.8 Å². The molecule has 1 N–H and O–H groups in total. The van der Waals surface area contributed by atoms with Gasteiger partial charge >= 0.3 is 13.7 Å². The number of hydrogen-bond donors (Lipinski definition) is 1. The van der Waals surface area contributed by atoms with E-state index in [0.29, 0.717) is 18.9 Å². The van der Waals surface area contributed by atoms with E-state index in [-0.39, 0.29) is 12.2 Å². The van der Waals surface area contributed by atoms with Crippen molar-refractivity contribution in [3.05, 3.63) is 29.8 Å². The number of amides is 1. The van der Waals surface area contributed by atoms with E-state index in [1.807, 2.05) is 0 Å².